The van der Waals surface area contributed by atoms with Gasteiger partial charge in [-0.3, -0.25) is 4.79 Å². The van der Waals surface area contributed by atoms with Gasteiger partial charge in [0, 0.05) is 35.8 Å². The van der Waals surface area contributed by atoms with Crippen LogP contribution < -0.4 is 14.2 Å². The number of ketones is 1. The second-order valence-electron chi connectivity index (χ2n) is 7.89. The molecule has 0 aliphatic carbocycles. The molecule has 0 saturated heterocycles. The third-order valence-electron chi connectivity index (χ3n) is 5.81. The third kappa shape index (κ3) is 3.52. The Morgan fingerprint density at radius 1 is 1.03 bits per heavy atom. The fraction of sp³-hybridized carbons (Fsp3) is 0.148. The molecule has 1 aliphatic heterocycles. The highest BCUT2D eigenvalue weighted by Gasteiger charge is 2.28. The predicted octanol–water partition coefficient (Wildman–Crippen LogP) is 5.69. The van der Waals surface area contributed by atoms with Crippen LogP contribution in [0.5, 0.6) is 17.2 Å². The van der Waals surface area contributed by atoms with Gasteiger partial charge >= 0.3 is 0 Å². The number of aromatic nitrogens is 1. The molecule has 0 spiro atoms. The summed E-state index contributed by atoms with van der Waals surface area (Å²) in [6.07, 6.45) is 3.77. The third-order valence-corrected chi connectivity index (χ3v) is 5.81. The molecule has 0 radical (unpaired) electrons. The van der Waals surface area contributed by atoms with Crippen LogP contribution in [0.2, 0.25) is 0 Å². The lowest BCUT2D eigenvalue weighted by Gasteiger charge is -2.09. The van der Waals surface area contributed by atoms with Crippen molar-refractivity contribution in [3.8, 4) is 17.2 Å². The smallest absolute Gasteiger partial charge is 0.231 e. The Kier molecular flexibility index (Phi) is 4.94. The van der Waals surface area contributed by atoms with E-state index in [0.717, 1.165) is 27.8 Å². The minimum atomic E-state index is -0.134. The molecule has 5 rings (SSSR count). The van der Waals surface area contributed by atoms with Crippen LogP contribution in [0.4, 0.5) is 0 Å². The number of nitrogens with zero attached hydrogens (tertiary/aromatic N) is 1. The second kappa shape index (κ2) is 7.93. The van der Waals surface area contributed by atoms with Gasteiger partial charge in [-0.2, -0.15) is 0 Å². The van der Waals surface area contributed by atoms with Gasteiger partial charge in [-0.1, -0.05) is 24.3 Å². The van der Waals surface area contributed by atoms with Crippen LogP contribution in [-0.2, 0) is 13.7 Å². The molecule has 0 atom stereocenters. The van der Waals surface area contributed by atoms with E-state index < -0.39 is 0 Å². The van der Waals surface area contributed by atoms with E-state index in [1.165, 1.54) is 5.56 Å². The van der Waals surface area contributed by atoms with E-state index in [9.17, 15) is 4.79 Å². The number of methoxy groups -OCH3 is 1. The van der Waals surface area contributed by atoms with Crippen LogP contribution in [-0.4, -0.2) is 17.5 Å². The van der Waals surface area contributed by atoms with Crippen LogP contribution in [0.3, 0.4) is 0 Å². The number of benzene rings is 3. The number of allylic oxidation sites excluding steroid dienone is 1. The fourth-order valence-corrected chi connectivity index (χ4v) is 3.98. The van der Waals surface area contributed by atoms with Crippen LogP contribution >= 0.6 is 0 Å². The summed E-state index contributed by atoms with van der Waals surface area (Å²) in [5.41, 5.74) is 4.78. The maximum atomic E-state index is 12.9. The molecule has 1 aromatic heterocycles. The summed E-state index contributed by atoms with van der Waals surface area (Å²) in [6, 6.07) is 19.3. The van der Waals surface area contributed by atoms with Crippen molar-refractivity contribution in [3.63, 3.8) is 0 Å². The molecular formula is C27H23NO4. The summed E-state index contributed by atoms with van der Waals surface area (Å²) in [5, 5.41) is 0.994. The van der Waals surface area contributed by atoms with Crippen LogP contribution in [0, 0.1) is 6.92 Å². The number of carbonyl (C=O) groups excluding carboxylic acids is 1. The van der Waals surface area contributed by atoms with Gasteiger partial charge < -0.3 is 18.8 Å². The summed E-state index contributed by atoms with van der Waals surface area (Å²) >= 11 is 0. The Bertz CT molecular complexity index is 1380. The Balaban J connectivity index is 1.41. The standard InChI is InChI=1S/C27H23NO4/c1-17-6-4-5-7-18(17)16-31-21-8-10-22-25(14-21)32-26(27(22)29)12-19-15-28(2)24-11-9-20(30-3)13-23(19)24/h4-15H,16H2,1-3H3/b26-12-. The molecule has 5 heteroatoms. The number of fused-ring (bicyclic) bond motifs is 2. The number of rotatable bonds is 5. The highest BCUT2D eigenvalue weighted by Crippen LogP contribution is 2.36. The molecule has 0 bridgehead atoms. The van der Waals surface area contributed by atoms with Gasteiger partial charge in [0.25, 0.3) is 0 Å². The summed E-state index contributed by atoms with van der Waals surface area (Å²) < 4.78 is 19.3. The van der Waals surface area contributed by atoms with E-state index in [-0.39, 0.29) is 5.78 Å². The Labute approximate surface area is 186 Å². The van der Waals surface area contributed by atoms with Crippen molar-refractivity contribution < 1.29 is 19.0 Å². The van der Waals surface area contributed by atoms with Crippen LogP contribution in [0.15, 0.2) is 72.6 Å². The maximum absolute atomic E-state index is 12.9. The monoisotopic (exact) mass is 425 g/mol. The Hall–Kier alpha value is -3.99. The predicted molar refractivity (Wildman–Crippen MR) is 124 cm³/mol. The van der Waals surface area contributed by atoms with Crippen molar-refractivity contribution in [2.45, 2.75) is 13.5 Å². The number of Topliss-reactive ketones (excluding diaryl/α,β-unsaturated/α-hetero) is 1. The number of ether oxygens (including phenoxy) is 3. The van der Waals surface area contributed by atoms with E-state index in [2.05, 4.69) is 13.0 Å². The lowest BCUT2D eigenvalue weighted by molar-refractivity contribution is 0.101. The van der Waals surface area contributed by atoms with Crippen molar-refractivity contribution in [2.24, 2.45) is 7.05 Å². The van der Waals surface area contributed by atoms with E-state index in [1.807, 2.05) is 60.3 Å². The molecule has 3 aromatic carbocycles. The molecule has 0 fully saturated rings. The van der Waals surface area contributed by atoms with Crippen molar-refractivity contribution in [3.05, 3.63) is 94.9 Å². The molecule has 0 amide bonds. The zero-order valence-electron chi connectivity index (χ0n) is 18.2. The number of aryl methyl sites for hydroxylation is 2. The van der Waals surface area contributed by atoms with E-state index in [4.69, 9.17) is 14.2 Å². The van der Waals surface area contributed by atoms with E-state index >= 15 is 0 Å². The summed E-state index contributed by atoms with van der Waals surface area (Å²) in [6.45, 7) is 2.52. The molecule has 2 heterocycles. The average molecular weight is 425 g/mol. The quantitative estimate of drug-likeness (QED) is 0.386. The summed E-state index contributed by atoms with van der Waals surface area (Å²) in [7, 11) is 3.61. The van der Waals surface area contributed by atoms with Crippen LogP contribution in [0.25, 0.3) is 17.0 Å². The molecule has 32 heavy (non-hydrogen) atoms. The molecule has 160 valence electrons. The molecule has 0 saturated carbocycles. The molecule has 0 N–H and O–H groups in total. The highest BCUT2D eigenvalue weighted by atomic mass is 16.5. The molecule has 1 aliphatic rings. The Morgan fingerprint density at radius 3 is 2.66 bits per heavy atom. The average Bonchev–Trinajstić information content (AvgIpc) is 3.28. The normalized spacial score (nSPS) is 14.0. The van der Waals surface area contributed by atoms with Gasteiger partial charge in [0.1, 0.15) is 23.9 Å². The molecular weight excluding hydrogens is 402 g/mol. The second-order valence-corrected chi connectivity index (χ2v) is 7.89. The SMILES string of the molecule is COc1ccc2c(c1)c(/C=C1\Oc3cc(OCc4ccccc4C)ccc3C1=O)cn2C. The van der Waals surface area contributed by atoms with Crippen molar-refractivity contribution in [1.29, 1.82) is 0 Å². The zero-order valence-corrected chi connectivity index (χ0v) is 18.2. The fourth-order valence-electron chi connectivity index (χ4n) is 3.98. The lowest BCUT2D eigenvalue weighted by Crippen LogP contribution is -1.98. The first kappa shape index (κ1) is 19.9. The minimum absolute atomic E-state index is 0.134. The largest absolute Gasteiger partial charge is 0.497 e. The molecule has 4 aromatic rings. The number of hydrogen-bond donors (Lipinski definition) is 0. The van der Waals surface area contributed by atoms with Crippen molar-refractivity contribution >= 4 is 22.8 Å². The topological polar surface area (TPSA) is 49.7 Å². The molecule has 5 nitrogen and oxygen atoms in total. The minimum Gasteiger partial charge on any atom is -0.497 e. The highest BCUT2D eigenvalue weighted by molar-refractivity contribution is 6.15. The van der Waals surface area contributed by atoms with Gasteiger partial charge in [0.2, 0.25) is 5.78 Å². The molecule has 0 unspecified atom stereocenters. The first-order valence-corrected chi connectivity index (χ1v) is 10.4. The number of hydrogen-bond acceptors (Lipinski definition) is 4. The lowest BCUT2D eigenvalue weighted by atomic mass is 10.1. The van der Waals surface area contributed by atoms with Crippen molar-refractivity contribution in [2.75, 3.05) is 7.11 Å². The summed E-state index contributed by atoms with van der Waals surface area (Å²) in [5.74, 6) is 2.11. The summed E-state index contributed by atoms with van der Waals surface area (Å²) in [4.78, 5) is 12.9. The first-order chi connectivity index (χ1) is 15.5. The van der Waals surface area contributed by atoms with E-state index in [1.54, 1.807) is 25.3 Å². The Morgan fingerprint density at radius 2 is 1.84 bits per heavy atom. The van der Waals surface area contributed by atoms with Gasteiger partial charge in [-0.05, 0) is 54.5 Å². The van der Waals surface area contributed by atoms with Gasteiger partial charge in [-0.15, -0.1) is 0 Å². The number of carbonyl (C=O) groups is 1. The van der Waals surface area contributed by atoms with Gasteiger partial charge in [-0.25, -0.2) is 0 Å². The van der Waals surface area contributed by atoms with E-state index in [0.29, 0.717) is 29.4 Å². The zero-order chi connectivity index (χ0) is 22.2. The van der Waals surface area contributed by atoms with Crippen LogP contribution in [0.1, 0.15) is 27.0 Å². The van der Waals surface area contributed by atoms with Crippen molar-refractivity contribution in [1.82, 2.24) is 4.57 Å². The van der Waals surface area contributed by atoms with Gasteiger partial charge in [0.05, 0.1) is 12.7 Å². The maximum Gasteiger partial charge on any atom is 0.231 e. The van der Waals surface area contributed by atoms with Gasteiger partial charge in [0.15, 0.2) is 5.76 Å². The first-order valence-electron chi connectivity index (χ1n) is 10.4.